The minimum Gasteiger partial charge on any atom is -0.744 e. The van der Waals surface area contributed by atoms with Gasteiger partial charge in [-0.15, -0.1) is 0 Å². The van der Waals surface area contributed by atoms with E-state index in [-0.39, 0.29) is 22.6 Å². The second-order valence-electron chi connectivity index (χ2n) is 15.4. The van der Waals surface area contributed by atoms with Crippen LogP contribution in [0.25, 0.3) is 21.5 Å². The van der Waals surface area contributed by atoms with Gasteiger partial charge in [-0.3, -0.25) is 4.79 Å². The zero-order valence-corrected chi connectivity index (χ0v) is 34.3. The van der Waals surface area contributed by atoms with Gasteiger partial charge in [0, 0.05) is 66.4 Å². The molecule has 2 heterocycles. The van der Waals surface area contributed by atoms with Gasteiger partial charge in [0.25, 0.3) is 0 Å². The summed E-state index contributed by atoms with van der Waals surface area (Å²) >= 11 is 0. The van der Waals surface area contributed by atoms with E-state index in [1.165, 1.54) is 28.1 Å². The summed E-state index contributed by atoms with van der Waals surface area (Å²) in [5, 5.41) is 11.7. The van der Waals surface area contributed by atoms with Crippen LogP contribution in [0, 0.1) is 0 Å². The van der Waals surface area contributed by atoms with E-state index >= 15 is 0 Å². The molecule has 0 aliphatic carbocycles. The standard InChI is InChI=1S/C44H48N2O9S2/c1-43(2)39(46(26-27-55-5)35-23-21-30-16-13-14-17-32(30)41(35)43)19-11-8-6-7-10-18-38-44(3,4)42-34-28-31(56(49,50)51)29-37(57(52,53)54)33(34)22-24-36(42)45(38)25-15-9-12-20-40(47)48/h6-8,10-11,13-14,16-19,21-24,28-29H,9,12,15,20,25-27H2,1-5H3,(H2-,47,48,49,50,51,52,53,54)/p-1. The number of hydrogen-bond donors (Lipinski definition) is 1. The number of hydrogen-bond acceptors (Lipinski definition) is 9. The number of methoxy groups -OCH3 is 1. The van der Waals surface area contributed by atoms with Crippen LogP contribution in [0.5, 0.6) is 0 Å². The second-order valence-corrected chi connectivity index (χ2v) is 18.1. The van der Waals surface area contributed by atoms with E-state index in [1.807, 2.05) is 54.9 Å². The van der Waals surface area contributed by atoms with Crippen LogP contribution in [0.1, 0.15) is 64.5 Å². The van der Waals surface area contributed by atoms with Gasteiger partial charge in [-0.2, -0.15) is 4.58 Å². The summed E-state index contributed by atoms with van der Waals surface area (Å²) in [6.45, 7) is 10.1. The average molecular weight is 812 g/mol. The average Bonchev–Trinajstić information content (AvgIpc) is 3.50. The molecule has 4 aromatic rings. The van der Waals surface area contributed by atoms with E-state index in [0.29, 0.717) is 56.3 Å². The Balaban J connectivity index is 1.34. The molecule has 2 aliphatic rings. The Labute approximate surface area is 334 Å². The minimum atomic E-state index is -5.15. The molecule has 0 bridgehead atoms. The minimum absolute atomic E-state index is 0.0255. The van der Waals surface area contributed by atoms with Gasteiger partial charge < -0.3 is 23.8 Å². The Morgan fingerprint density at radius 2 is 1.53 bits per heavy atom. The number of carbonyl (C=O) groups is 1. The Hall–Kier alpha value is -4.92. The predicted octanol–water partition coefficient (Wildman–Crippen LogP) is 7.82. The highest BCUT2D eigenvalue weighted by Gasteiger charge is 2.46. The molecule has 0 amide bonds. The lowest BCUT2D eigenvalue weighted by atomic mass is 9.79. The summed E-state index contributed by atoms with van der Waals surface area (Å²) in [6.07, 6.45) is 15.5. The molecule has 0 spiro atoms. The van der Waals surface area contributed by atoms with Gasteiger partial charge in [-0.1, -0.05) is 74.6 Å². The van der Waals surface area contributed by atoms with Crippen molar-refractivity contribution in [1.29, 1.82) is 0 Å². The molecular weight excluding hydrogens is 765 g/mol. The topological polar surface area (TPSA) is 167 Å². The third-order valence-electron chi connectivity index (χ3n) is 11.0. The van der Waals surface area contributed by atoms with Crippen molar-refractivity contribution in [2.45, 2.75) is 74.0 Å². The zero-order chi connectivity index (χ0) is 41.3. The number of ether oxygens (including phenoxy) is 1. The molecule has 6 rings (SSSR count). The predicted molar refractivity (Wildman–Crippen MR) is 220 cm³/mol. The highest BCUT2D eigenvalue weighted by Crippen LogP contribution is 2.51. The SMILES string of the molecule is COCCN1C(=CC=CC=CC=CC2=[N+](CCCCCC(=O)O)c3ccc4c(S(=O)(=O)[O-])cc(S(=O)(=O)[O-])cc4c3C2(C)C)C(C)(C)c2c1ccc1ccccc21. The molecule has 4 aromatic carbocycles. The monoisotopic (exact) mass is 811 g/mol. The van der Waals surface area contributed by atoms with Crippen LogP contribution >= 0.6 is 0 Å². The van der Waals surface area contributed by atoms with Crippen LogP contribution < -0.4 is 4.90 Å². The summed E-state index contributed by atoms with van der Waals surface area (Å²) in [5.41, 5.74) is 4.55. The molecule has 0 unspecified atom stereocenters. The molecule has 0 atom stereocenters. The van der Waals surface area contributed by atoms with Crippen LogP contribution in [-0.4, -0.2) is 74.1 Å². The van der Waals surface area contributed by atoms with Gasteiger partial charge in [0.2, 0.25) is 5.69 Å². The van der Waals surface area contributed by atoms with Crippen molar-refractivity contribution in [2.75, 3.05) is 31.7 Å². The van der Waals surface area contributed by atoms with Crippen LogP contribution in [0.4, 0.5) is 11.4 Å². The maximum atomic E-state index is 12.3. The number of benzene rings is 4. The Morgan fingerprint density at radius 1 is 0.807 bits per heavy atom. The lowest BCUT2D eigenvalue weighted by Gasteiger charge is -2.26. The maximum absolute atomic E-state index is 12.3. The van der Waals surface area contributed by atoms with Gasteiger partial charge >= 0.3 is 5.97 Å². The first-order valence-electron chi connectivity index (χ1n) is 18.8. The highest BCUT2D eigenvalue weighted by atomic mass is 32.2. The number of carboxylic acids is 1. The summed E-state index contributed by atoms with van der Waals surface area (Å²) in [6, 6.07) is 17.7. The van der Waals surface area contributed by atoms with E-state index in [0.717, 1.165) is 17.5 Å². The molecular formula is C44H47N2O9S2-. The fraction of sp³-hybridized carbons (Fsp3) is 0.318. The summed E-state index contributed by atoms with van der Waals surface area (Å²) < 4.78 is 81.0. The molecule has 11 nitrogen and oxygen atoms in total. The van der Waals surface area contributed by atoms with Crippen LogP contribution in [-0.2, 0) is 40.6 Å². The maximum Gasteiger partial charge on any atom is 0.303 e. The van der Waals surface area contributed by atoms with Crippen molar-refractivity contribution in [3.8, 4) is 0 Å². The lowest BCUT2D eigenvalue weighted by molar-refractivity contribution is -0.438. The number of unbranched alkanes of at least 4 members (excludes halogenated alkanes) is 2. The van der Waals surface area contributed by atoms with Gasteiger partial charge in [0.05, 0.1) is 21.8 Å². The Bertz CT molecular complexity index is 2630. The van der Waals surface area contributed by atoms with E-state index in [9.17, 15) is 30.7 Å². The number of allylic oxidation sites excluding steroid dienone is 8. The van der Waals surface area contributed by atoms with Crippen LogP contribution in [0.15, 0.2) is 119 Å². The van der Waals surface area contributed by atoms with Crippen LogP contribution in [0.2, 0.25) is 0 Å². The van der Waals surface area contributed by atoms with E-state index < -0.39 is 41.4 Å². The van der Waals surface area contributed by atoms with Gasteiger partial charge in [0.15, 0.2) is 5.71 Å². The number of carboxylic acid groups (broad SMARTS) is 1. The van der Waals surface area contributed by atoms with E-state index in [1.54, 1.807) is 13.2 Å². The summed E-state index contributed by atoms with van der Waals surface area (Å²) in [5.74, 6) is -0.872. The Kier molecular flexibility index (Phi) is 11.8. The van der Waals surface area contributed by atoms with Crippen molar-refractivity contribution >= 4 is 64.8 Å². The first kappa shape index (κ1) is 41.7. The number of fused-ring (bicyclic) bond motifs is 6. The number of aliphatic carboxylic acids is 1. The number of nitrogens with zero attached hydrogens (tertiary/aromatic N) is 2. The van der Waals surface area contributed by atoms with Crippen molar-refractivity contribution in [2.24, 2.45) is 0 Å². The van der Waals surface area contributed by atoms with Crippen molar-refractivity contribution < 1.29 is 45.2 Å². The quantitative estimate of drug-likeness (QED) is 0.0541. The largest absolute Gasteiger partial charge is 0.744 e. The van der Waals surface area contributed by atoms with Crippen LogP contribution in [0.3, 0.4) is 0 Å². The van der Waals surface area contributed by atoms with E-state index in [4.69, 9.17) is 9.84 Å². The summed E-state index contributed by atoms with van der Waals surface area (Å²) in [7, 11) is -8.57. The fourth-order valence-corrected chi connectivity index (χ4v) is 9.72. The van der Waals surface area contributed by atoms with Gasteiger partial charge in [-0.25, -0.2) is 16.8 Å². The van der Waals surface area contributed by atoms with Gasteiger partial charge in [-0.05, 0) is 78.8 Å². The molecule has 300 valence electrons. The van der Waals surface area contributed by atoms with Crippen molar-refractivity contribution in [3.63, 3.8) is 0 Å². The third-order valence-corrected chi connectivity index (χ3v) is 12.6. The third kappa shape index (κ3) is 8.26. The summed E-state index contributed by atoms with van der Waals surface area (Å²) in [4.78, 5) is 11.9. The molecule has 2 aliphatic heterocycles. The molecule has 0 aromatic heterocycles. The molecule has 0 saturated heterocycles. The highest BCUT2D eigenvalue weighted by molar-refractivity contribution is 7.86. The fourth-order valence-electron chi connectivity index (χ4n) is 8.40. The molecule has 0 fully saturated rings. The molecule has 0 saturated carbocycles. The normalized spacial score (nSPS) is 17.3. The van der Waals surface area contributed by atoms with Crippen molar-refractivity contribution in [3.05, 3.63) is 120 Å². The molecule has 0 radical (unpaired) electrons. The Morgan fingerprint density at radius 3 is 2.23 bits per heavy atom. The van der Waals surface area contributed by atoms with Crippen molar-refractivity contribution in [1.82, 2.24) is 0 Å². The number of anilines is 1. The first-order chi connectivity index (χ1) is 26.9. The van der Waals surface area contributed by atoms with Gasteiger partial charge in [0.1, 0.15) is 26.8 Å². The lowest BCUT2D eigenvalue weighted by Crippen LogP contribution is -2.28. The molecule has 57 heavy (non-hydrogen) atoms. The zero-order valence-electron chi connectivity index (χ0n) is 32.7. The number of rotatable bonds is 15. The van der Waals surface area contributed by atoms with E-state index in [2.05, 4.69) is 61.2 Å². The smallest absolute Gasteiger partial charge is 0.303 e. The first-order valence-corrected chi connectivity index (χ1v) is 21.6. The molecule has 1 N–H and O–H groups in total. The second kappa shape index (κ2) is 16.1. The molecule has 13 heteroatoms.